The number of nitrogens with zero attached hydrogens (tertiary/aromatic N) is 2. The molecule has 1 aliphatic rings. The number of aryl methyl sites for hydroxylation is 1. The number of aromatic amines is 1. The Morgan fingerprint density at radius 3 is 2.58 bits per heavy atom. The van der Waals surface area contributed by atoms with Crippen LogP contribution in [0.15, 0.2) is 0 Å². The maximum absolute atomic E-state index is 12.8. The Bertz CT molecular complexity index is 427. The lowest BCUT2D eigenvalue weighted by molar-refractivity contribution is 0.0656. The summed E-state index contributed by atoms with van der Waals surface area (Å²) in [7, 11) is 0. The molecular formula is C14H24N4O. The van der Waals surface area contributed by atoms with Gasteiger partial charge in [0.25, 0.3) is 5.91 Å². The minimum absolute atomic E-state index is 0.0318. The van der Waals surface area contributed by atoms with Gasteiger partial charge in [-0.25, -0.2) is 0 Å². The van der Waals surface area contributed by atoms with Gasteiger partial charge in [-0.3, -0.25) is 9.89 Å². The largest absolute Gasteiger partial charge is 0.382 e. The molecule has 0 spiro atoms. The molecule has 1 aromatic rings. The first-order chi connectivity index (χ1) is 9.00. The third-order valence-corrected chi connectivity index (χ3v) is 3.78. The zero-order valence-corrected chi connectivity index (χ0v) is 12.1. The average molecular weight is 264 g/mol. The van der Waals surface area contributed by atoms with E-state index >= 15 is 0 Å². The minimum Gasteiger partial charge on any atom is -0.382 e. The second-order valence-electron chi connectivity index (χ2n) is 5.90. The molecule has 2 rings (SSSR count). The quantitative estimate of drug-likeness (QED) is 0.876. The third-order valence-electron chi connectivity index (χ3n) is 3.78. The zero-order chi connectivity index (χ0) is 14.0. The average Bonchev–Trinajstić information content (AvgIpc) is 2.96. The molecule has 19 heavy (non-hydrogen) atoms. The molecular weight excluding hydrogens is 240 g/mol. The maximum atomic E-state index is 12.8. The highest BCUT2D eigenvalue weighted by Crippen LogP contribution is 2.27. The van der Waals surface area contributed by atoms with Crippen LogP contribution in [0.1, 0.15) is 55.6 Å². The fourth-order valence-electron chi connectivity index (χ4n) is 2.87. The van der Waals surface area contributed by atoms with Crippen molar-refractivity contribution in [2.24, 2.45) is 5.92 Å². The van der Waals surface area contributed by atoms with Crippen LogP contribution < -0.4 is 5.73 Å². The molecule has 5 heteroatoms. The molecule has 1 amide bonds. The number of amides is 1. The van der Waals surface area contributed by atoms with Crippen LogP contribution in [0.2, 0.25) is 0 Å². The molecule has 5 nitrogen and oxygen atoms in total. The number of carbonyl (C=O) groups excluding carboxylic acids is 1. The van der Waals surface area contributed by atoms with Gasteiger partial charge < -0.3 is 10.6 Å². The highest BCUT2D eigenvalue weighted by molar-refractivity contribution is 5.99. The Labute approximate surface area is 114 Å². The third kappa shape index (κ3) is 2.91. The van der Waals surface area contributed by atoms with Gasteiger partial charge in [0, 0.05) is 18.3 Å². The van der Waals surface area contributed by atoms with Gasteiger partial charge in [-0.2, -0.15) is 5.10 Å². The number of hydrogen-bond donors (Lipinski definition) is 2. The van der Waals surface area contributed by atoms with Crippen molar-refractivity contribution >= 4 is 11.7 Å². The molecule has 3 N–H and O–H groups in total. The number of nitrogens with one attached hydrogen (secondary N) is 1. The number of H-pyrrole nitrogens is 1. The molecule has 1 aliphatic carbocycles. The smallest absolute Gasteiger partial charge is 0.259 e. The van der Waals surface area contributed by atoms with Crippen LogP contribution in [0.25, 0.3) is 0 Å². The van der Waals surface area contributed by atoms with Gasteiger partial charge in [0.2, 0.25) is 0 Å². The lowest BCUT2D eigenvalue weighted by Crippen LogP contribution is -2.41. The Morgan fingerprint density at radius 2 is 2.11 bits per heavy atom. The first kappa shape index (κ1) is 13.9. The molecule has 0 radical (unpaired) electrons. The van der Waals surface area contributed by atoms with Crippen LogP contribution in [-0.4, -0.2) is 33.6 Å². The van der Waals surface area contributed by atoms with E-state index in [0.29, 0.717) is 23.3 Å². The molecule has 0 bridgehead atoms. The van der Waals surface area contributed by atoms with Gasteiger partial charge in [-0.05, 0) is 25.7 Å². The SMILES string of the molecule is Cc1[nH]nc(N)c1C(=O)N(CC(C)C)C1CCCC1. The highest BCUT2D eigenvalue weighted by atomic mass is 16.2. The second-order valence-corrected chi connectivity index (χ2v) is 5.90. The van der Waals surface area contributed by atoms with Crippen molar-refractivity contribution in [3.63, 3.8) is 0 Å². The molecule has 0 unspecified atom stereocenters. The Hall–Kier alpha value is -1.52. The van der Waals surface area contributed by atoms with Crippen LogP contribution in [0.4, 0.5) is 5.82 Å². The lowest BCUT2D eigenvalue weighted by Gasteiger charge is -2.30. The monoisotopic (exact) mass is 264 g/mol. The summed E-state index contributed by atoms with van der Waals surface area (Å²) in [5.41, 5.74) is 7.13. The molecule has 0 atom stereocenters. The molecule has 1 aromatic heterocycles. The zero-order valence-electron chi connectivity index (χ0n) is 12.1. The van der Waals surface area contributed by atoms with Gasteiger partial charge in [0.1, 0.15) is 5.56 Å². The summed E-state index contributed by atoms with van der Waals surface area (Å²) in [6.07, 6.45) is 4.64. The normalized spacial score (nSPS) is 16.2. The van der Waals surface area contributed by atoms with Gasteiger partial charge in [-0.15, -0.1) is 0 Å². The summed E-state index contributed by atoms with van der Waals surface area (Å²) in [5, 5.41) is 6.72. The summed E-state index contributed by atoms with van der Waals surface area (Å²) in [6.45, 7) is 6.91. The van der Waals surface area contributed by atoms with E-state index in [4.69, 9.17) is 5.73 Å². The Kier molecular flexibility index (Phi) is 4.12. The number of hydrogen-bond acceptors (Lipinski definition) is 3. The standard InChI is InChI=1S/C14H24N4O/c1-9(2)8-18(11-6-4-5-7-11)14(19)12-10(3)16-17-13(12)15/h9,11H,4-8H2,1-3H3,(H3,15,16,17). The highest BCUT2D eigenvalue weighted by Gasteiger charge is 2.30. The number of aromatic nitrogens is 2. The van der Waals surface area contributed by atoms with E-state index in [1.54, 1.807) is 0 Å². The molecule has 1 fully saturated rings. The molecule has 1 saturated carbocycles. The van der Waals surface area contributed by atoms with E-state index in [-0.39, 0.29) is 5.91 Å². The molecule has 0 aliphatic heterocycles. The molecule has 0 aromatic carbocycles. The topological polar surface area (TPSA) is 75.0 Å². The van der Waals surface area contributed by atoms with E-state index in [9.17, 15) is 4.79 Å². The van der Waals surface area contributed by atoms with Crippen molar-refractivity contribution in [2.45, 2.75) is 52.5 Å². The van der Waals surface area contributed by atoms with E-state index in [1.807, 2.05) is 11.8 Å². The van der Waals surface area contributed by atoms with E-state index in [0.717, 1.165) is 25.1 Å². The fourth-order valence-corrected chi connectivity index (χ4v) is 2.87. The first-order valence-electron chi connectivity index (χ1n) is 7.12. The van der Waals surface area contributed by atoms with Gasteiger partial charge in [0.05, 0.1) is 0 Å². The molecule has 106 valence electrons. The number of anilines is 1. The first-order valence-corrected chi connectivity index (χ1v) is 7.12. The van der Waals surface area contributed by atoms with E-state index in [2.05, 4.69) is 24.0 Å². The minimum atomic E-state index is 0.0318. The Balaban J connectivity index is 2.24. The van der Waals surface area contributed by atoms with Crippen molar-refractivity contribution < 1.29 is 4.79 Å². The van der Waals surface area contributed by atoms with Crippen LogP contribution in [0, 0.1) is 12.8 Å². The van der Waals surface area contributed by atoms with Gasteiger partial charge in [-0.1, -0.05) is 26.7 Å². The number of rotatable bonds is 4. The fraction of sp³-hybridized carbons (Fsp3) is 0.714. The predicted molar refractivity (Wildman–Crippen MR) is 75.9 cm³/mol. The van der Waals surface area contributed by atoms with E-state index < -0.39 is 0 Å². The van der Waals surface area contributed by atoms with Crippen molar-refractivity contribution in [1.29, 1.82) is 0 Å². The Morgan fingerprint density at radius 1 is 1.47 bits per heavy atom. The number of nitrogen functional groups attached to an aromatic ring is 1. The summed E-state index contributed by atoms with van der Waals surface area (Å²) in [6, 6.07) is 0.364. The number of nitrogens with two attached hydrogens (primary N) is 1. The number of carbonyl (C=O) groups is 1. The second kappa shape index (κ2) is 5.63. The van der Waals surface area contributed by atoms with Crippen LogP contribution >= 0.6 is 0 Å². The predicted octanol–water partition coefficient (Wildman–Crippen LogP) is 2.34. The molecule has 0 saturated heterocycles. The summed E-state index contributed by atoms with van der Waals surface area (Å²) in [4.78, 5) is 14.8. The van der Waals surface area contributed by atoms with Crippen LogP contribution in [0.3, 0.4) is 0 Å². The van der Waals surface area contributed by atoms with E-state index in [1.165, 1.54) is 12.8 Å². The lowest BCUT2D eigenvalue weighted by atomic mass is 10.1. The summed E-state index contributed by atoms with van der Waals surface area (Å²) in [5.74, 6) is 0.802. The van der Waals surface area contributed by atoms with Crippen molar-refractivity contribution in [2.75, 3.05) is 12.3 Å². The molecule has 1 heterocycles. The van der Waals surface area contributed by atoms with Gasteiger partial charge >= 0.3 is 0 Å². The van der Waals surface area contributed by atoms with Crippen molar-refractivity contribution in [3.8, 4) is 0 Å². The summed E-state index contributed by atoms with van der Waals surface area (Å²) >= 11 is 0. The summed E-state index contributed by atoms with van der Waals surface area (Å²) < 4.78 is 0. The van der Waals surface area contributed by atoms with Crippen molar-refractivity contribution in [1.82, 2.24) is 15.1 Å². The van der Waals surface area contributed by atoms with Gasteiger partial charge in [0.15, 0.2) is 5.82 Å². The van der Waals surface area contributed by atoms with Crippen LogP contribution in [0.5, 0.6) is 0 Å². The van der Waals surface area contributed by atoms with Crippen molar-refractivity contribution in [3.05, 3.63) is 11.3 Å². The van der Waals surface area contributed by atoms with Crippen LogP contribution in [-0.2, 0) is 0 Å². The maximum Gasteiger partial charge on any atom is 0.259 e.